The van der Waals surface area contributed by atoms with Gasteiger partial charge in [0.25, 0.3) is 0 Å². The molecule has 1 fully saturated rings. The molecule has 1 saturated heterocycles. The molecule has 128 valence electrons. The van der Waals surface area contributed by atoms with E-state index in [2.05, 4.69) is 15.0 Å². The SMILES string of the molecule is COc1ccc(C2CN(c3nc(OC)nc(OC)n3)CCO2)cc1. The summed E-state index contributed by atoms with van der Waals surface area (Å²) in [6.07, 6.45) is -0.0709. The van der Waals surface area contributed by atoms with E-state index in [1.54, 1.807) is 7.11 Å². The largest absolute Gasteiger partial charge is 0.497 e. The first-order chi connectivity index (χ1) is 11.7. The third kappa shape index (κ3) is 3.48. The van der Waals surface area contributed by atoms with Crippen LogP contribution in [0.25, 0.3) is 0 Å². The van der Waals surface area contributed by atoms with Gasteiger partial charge in [0.05, 0.1) is 34.5 Å². The van der Waals surface area contributed by atoms with Gasteiger partial charge < -0.3 is 23.8 Å². The average Bonchev–Trinajstić information content (AvgIpc) is 2.67. The van der Waals surface area contributed by atoms with E-state index in [-0.39, 0.29) is 18.1 Å². The van der Waals surface area contributed by atoms with Gasteiger partial charge in [-0.15, -0.1) is 4.98 Å². The van der Waals surface area contributed by atoms with Crippen molar-refractivity contribution in [1.82, 2.24) is 15.0 Å². The summed E-state index contributed by atoms with van der Waals surface area (Å²) < 4.78 is 21.3. The molecule has 0 bridgehead atoms. The summed E-state index contributed by atoms with van der Waals surface area (Å²) in [5.41, 5.74) is 1.08. The fourth-order valence-electron chi connectivity index (χ4n) is 2.50. The molecule has 0 spiro atoms. The molecule has 2 heterocycles. The van der Waals surface area contributed by atoms with Gasteiger partial charge in [0, 0.05) is 6.54 Å². The second kappa shape index (κ2) is 7.31. The Hall–Kier alpha value is -2.61. The number of nitrogens with zero attached hydrogens (tertiary/aromatic N) is 4. The third-order valence-corrected chi connectivity index (χ3v) is 3.78. The highest BCUT2D eigenvalue weighted by atomic mass is 16.5. The molecule has 2 aromatic rings. The van der Waals surface area contributed by atoms with Crippen molar-refractivity contribution in [3.05, 3.63) is 29.8 Å². The van der Waals surface area contributed by atoms with Crippen LogP contribution in [0.1, 0.15) is 11.7 Å². The zero-order chi connectivity index (χ0) is 16.9. The number of benzene rings is 1. The summed E-state index contributed by atoms with van der Waals surface area (Å²) in [7, 11) is 4.67. The molecular formula is C16H20N4O4. The molecular weight excluding hydrogens is 312 g/mol. The molecule has 1 unspecified atom stereocenters. The Morgan fingerprint density at radius 1 is 0.958 bits per heavy atom. The summed E-state index contributed by atoms with van der Waals surface area (Å²) >= 11 is 0. The normalized spacial score (nSPS) is 17.5. The van der Waals surface area contributed by atoms with Gasteiger partial charge in [-0.05, 0) is 17.7 Å². The predicted molar refractivity (Wildman–Crippen MR) is 86.8 cm³/mol. The highest BCUT2D eigenvalue weighted by Crippen LogP contribution is 2.27. The first kappa shape index (κ1) is 16.3. The van der Waals surface area contributed by atoms with Crippen molar-refractivity contribution in [1.29, 1.82) is 0 Å². The van der Waals surface area contributed by atoms with E-state index in [0.29, 0.717) is 25.6 Å². The van der Waals surface area contributed by atoms with Gasteiger partial charge in [-0.1, -0.05) is 12.1 Å². The Morgan fingerprint density at radius 3 is 2.21 bits per heavy atom. The lowest BCUT2D eigenvalue weighted by atomic mass is 10.1. The molecule has 1 aliphatic heterocycles. The van der Waals surface area contributed by atoms with E-state index >= 15 is 0 Å². The molecule has 0 radical (unpaired) electrons. The molecule has 1 atom stereocenters. The molecule has 1 aromatic heterocycles. The number of methoxy groups -OCH3 is 3. The lowest BCUT2D eigenvalue weighted by Crippen LogP contribution is -2.39. The Bertz CT molecular complexity index is 658. The van der Waals surface area contributed by atoms with Crippen LogP contribution in [-0.2, 0) is 4.74 Å². The van der Waals surface area contributed by atoms with Crippen LogP contribution in [0.3, 0.4) is 0 Å². The summed E-state index contributed by atoms with van der Waals surface area (Å²) in [6, 6.07) is 8.30. The quantitative estimate of drug-likeness (QED) is 0.814. The van der Waals surface area contributed by atoms with E-state index in [9.17, 15) is 0 Å². The van der Waals surface area contributed by atoms with Crippen LogP contribution < -0.4 is 19.1 Å². The molecule has 1 aromatic carbocycles. The van der Waals surface area contributed by atoms with Gasteiger partial charge in [0.15, 0.2) is 0 Å². The third-order valence-electron chi connectivity index (χ3n) is 3.78. The maximum atomic E-state index is 5.89. The molecule has 0 amide bonds. The molecule has 8 heteroatoms. The smallest absolute Gasteiger partial charge is 0.324 e. The van der Waals surface area contributed by atoms with Crippen molar-refractivity contribution in [2.75, 3.05) is 45.9 Å². The number of rotatable bonds is 5. The minimum atomic E-state index is -0.0709. The van der Waals surface area contributed by atoms with Crippen molar-refractivity contribution in [2.24, 2.45) is 0 Å². The fourth-order valence-corrected chi connectivity index (χ4v) is 2.50. The average molecular weight is 332 g/mol. The van der Waals surface area contributed by atoms with Gasteiger partial charge in [-0.3, -0.25) is 0 Å². The van der Waals surface area contributed by atoms with Crippen LogP contribution in [0.5, 0.6) is 17.8 Å². The van der Waals surface area contributed by atoms with E-state index in [1.807, 2.05) is 29.2 Å². The summed E-state index contributed by atoms with van der Waals surface area (Å²) in [5.74, 6) is 1.33. The summed E-state index contributed by atoms with van der Waals surface area (Å²) in [4.78, 5) is 14.7. The maximum absolute atomic E-state index is 5.89. The van der Waals surface area contributed by atoms with E-state index in [4.69, 9.17) is 18.9 Å². The minimum absolute atomic E-state index is 0.0709. The number of aromatic nitrogens is 3. The Morgan fingerprint density at radius 2 is 1.62 bits per heavy atom. The number of hydrogen-bond donors (Lipinski definition) is 0. The lowest BCUT2D eigenvalue weighted by Gasteiger charge is -2.33. The summed E-state index contributed by atoms with van der Waals surface area (Å²) in [5, 5.41) is 0. The van der Waals surface area contributed by atoms with Crippen molar-refractivity contribution in [3.8, 4) is 17.8 Å². The number of anilines is 1. The van der Waals surface area contributed by atoms with Crippen LogP contribution in [0, 0.1) is 0 Å². The second-order valence-electron chi connectivity index (χ2n) is 5.19. The van der Waals surface area contributed by atoms with E-state index in [0.717, 1.165) is 11.3 Å². The lowest BCUT2D eigenvalue weighted by molar-refractivity contribution is 0.0391. The number of hydrogen-bond acceptors (Lipinski definition) is 8. The maximum Gasteiger partial charge on any atom is 0.324 e. The zero-order valence-corrected chi connectivity index (χ0v) is 13.9. The number of morpholine rings is 1. The van der Waals surface area contributed by atoms with Crippen LogP contribution in [0.15, 0.2) is 24.3 Å². The fraction of sp³-hybridized carbons (Fsp3) is 0.438. The van der Waals surface area contributed by atoms with E-state index < -0.39 is 0 Å². The minimum Gasteiger partial charge on any atom is -0.497 e. The van der Waals surface area contributed by atoms with E-state index in [1.165, 1.54) is 14.2 Å². The van der Waals surface area contributed by atoms with Crippen LogP contribution in [-0.4, -0.2) is 56.0 Å². The van der Waals surface area contributed by atoms with Crippen LogP contribution in [0.4, 0.5) is 5.95 Å². The standard InChI is InChI=1S/C16H20N4O4/c1-21-12-6-4-11(5-7-12)13-10-20(8-9-24-13)14-17-15(22-2)19-16(18-14)23-3/h4-7,13H,8-10H2,1-3H3. The zero-order valence-electron chi connectivity index (χ0n) is 13.9. The molecule has 0 N–H and O–H groups in total. The molecule has 3 rings (SSSR count). The second-order valence-corrected chi connectivity index (χ2v) is 5.19. The predicted octanol–water partition coefficient (Wildman–Crippen LogP) is 1.48. The van der Waals surface area contributed by atoms with Crippen molar-refractivity contribution in [2.45, 2.75) is 6.10 Å². The highest BCUT2D eigenvalue weighted by molar-refractivity contribution is 5.35. The Balaban J connectivity index is 1.79. The summed E-state index contributed by atoms with van der Waals surface area (Å²) in [6.45, 7) is 1.89. The molecule has 1 aliphatic rings. The van der Waals surface area contributed by atoms with Crippen molar-refractivity contribution < 1.29 is 18.9 Å². The molecule has 24 heavy (non-hydrogen) atoms. The Labute approximate surface area is 140 Å². The molecule has 0 aliphatic carbocycles. The van der Waals surface area contributed by atoms with Gasteiger partial charge in [-0.2, -0.15) is 9.97 Å². The van der Waals surface area contributed by atoms with Gasteiger partial charge in [-0.25, -0.2) is 0 Å². The van der Waals surface area contributed by atoms with Gasteiger partial charge >= 0.3 is 12.0 Å². The van der Waals surface area contributed by atoms with Gasteiger partial charge in [0.2, 0.25) is 5.95 Å². The monoisotopic (exact) mass is 332 g/mol. The Kier molecular flexibility index (Phi) is 4.95. The number of ether oxygens (including phenoxy) is 4. The topological polar surface area (TPSA) is 78.8 Å². The van der Waals surface area contributed by atoms with Crippen molar-refractivity contribution in [3.63, 3.8) is 0 Å². The van der Waals surface area contributed by atoms with Crippen LogP contribution in [0.2, 0.25) is 0 Å². The van der Waals surface area contributed by atoms with Crippen LogP contribution >= 0.6 is 0 Å². The molecule has 0 saturated carbocycles. The van der Waals surface area contributed by atoms with Gasteiger partial charge in [0.1, 0.15) is 11.9 Å². The first-order valence-electron chi connectivity index (χ1n) is 7.58. The van der Waals surface area contributed by atoms with Crippen molar-refractivity contribution >= 4 is 5.95 Å². The molecule has 8 nitrogen and oxygen atoms in total. The first-order valence-corrected chi connectivity index (χ1v) is 7.58. The highest BCUT2D eigenvalue weighted by Gasteiger charge is 2.25.